The number of aliphatic hydroxyl groups excluding tert-OH is 3. The second kappa shape index (κ2) is 8.21. The van der Waals surface area contributed by atoms with Gasteiger partial charge < -0.3 is 15.3 Å². The van der Waals surface area contributed by atoms with Gasteiger partial charge in [0.25, 0.3) is 0 Å². The third kappa shape index (κ3) is 5.58. The first-order valence-corrected chi connectivity index (χ1v) is 5.62. The second-order valence-electron chi connectivity index (χ2n) is 3.93. The van der Waals surface area contributed by atoms with Crippen molar-refractivity contribution in [2.75, 3.05) is 6.61 Å². The molecule has 0 fully saturated rings. The largest absolute Gasteiger partial charge is 0.394 e. The average molecular weight is 204 g/mol. The molecule has 3 heteroatoms. The van der Waals surface area contributed by atoms with Gasteiger partial charge in [-0.2, -0.15) is 0 Å². The van der Waals surface area contributed by atoms with E-state index in [2.05, 4.69) is 13.8 Å². The second-order valence-corrected chi connectivity index (χ2v) is 3.93. The molecule has 0 rings (SSSR count). The van der Waals surface area contributed by atoms with Crippen LogP contribution in [0.1, 0.15) is 46.0 Å². The fourth-order valence-electron chi connectivity index (χ4n) is 1.63. The Kier molecular flexibility index (Phi) is 8.14. The topological polar surface area (TPSA) is 60.7 Å². The van der Waals surface area contributed by atoms with Gasteiger partial charge >= 0.3 is 0 Å². The minimum atomic E-state index is -0.975. The highest BCUT2D eigenvalue weighted by atomic mass is 16.4. The molecule has 0 radical (unpaired) electrons. The summed E-state index contributed by atoms with van der Waals surface area (Å²) < 4.78 is 0. The molecule has 0 amide bonds. The zero-order valence-corrected chi connectivity index (χ0v) is 9.32. The van der Waals surface area contributed by atoms with Gasteiger partial charge in [-0.15, -0.1) is 0 Å². The van der Waals surface area contributed by atoms with Crippen LogP contribution in [-0.4, -0.2) is 34.1 Å². The Labute approximate surface area is 86.8 Å². The molecule has 2 atom stereocenters. The molecule has 0 aromatic rings. The van der Waals surface area contributed by atoms with Gasteiger partial charge in [0.1, 0.15) is 6.10 Å². The van der Waals surface area contributed by atoms with Crippen molar-refractivity contribution in [2.45, 2.75) is 58.2 Å². The predicted octanol–water partition coefficient (Wildman–Crippen LogP) is 1.31. The molecule has 3 N–H and O–H groups in total. The fourth-order valence-corrected chi connectivity index (χ4v) is 1.63. The maximum atomic E-state index is 9.37. The minimum absolute atomic E-state index is 0.355. The molecule has 0 aliphatic carbocycles. The van der Waals surface area contributed by atoms with E-state index in [1.54, 1.807) is 0 Å². The number of hydrogen-bond acceptors (Lipinski definition) is 3. The first-order chi connectivity index (χ1) is 6.65. The predicted molar refractivity (Wildman–Crippen MR) is 57.0 cm³/mol. The van der Waals surface area contributed by atoms with Crippen LogP contribution in [0.5, 0.6) is 0 Å². The zero-order chi connectivity index (χ0) is 11.0. The maximum absolute atomic E-state index is 9.37. The minimum Gasteiger partial charge on any atom is -0.394 e. The molecule has 0 aliphatic rings. The van der Waals surface area contributed by atoms with Crippen LogP contribution in [0.3, 0.4) is 0 Å². The Balaban J connectivity index is 3.52. The fraction of sp³-hybridized carbons (Fsp3) is 1.00. The van der Waals surface area contributed by atoms with Gasteiger partial charge in [0.15, 0.2) is 0 Å². The molecule has 86 valence electrons. The highest BCUT2D eigenvalue weighted by Crippen LogP contribution is 2.17. The van der Waals surface area contributed by atoms with Gasteiger partial charge in [0.05, 0.1) is 12.7 Å². The Hall–Kier alpha value is -0.120. The van der Waals surface area contributed by atoms with Crippen LogP contribution in [0.2, 0.25) is 0 Å². The molecule has 3 nitrogen and oxygen atoms in total. The molecule has 0 aromatic heterocycles. The first-order valence-electron chi connectivity index (χ1n) is 5.62. The van der Waals surface area contributed by atoms with Crippen molar-refractivity contribution in [3.05, 3.63) is 0 Å². The monoisotopic (exact) mass is 204 g/mol. The molecular weight excluding hydrogens is 180 g/mol. The first kappa shape index (κ1) is 13.9. The summed E-state index contributed by atoms with van der Waals surface area (Å²) in [5.41, 5.74) is 0. The standard InChI is InChI=1S/C11H24O3/c1-3-9(4-2)6-5-7-10(13)11(14)8-12/h9-14H,3-8H2,1-2H3. The van der Waals surface area contributed by atoms with Gasteiger partial charge in [0, 0.05) is 0 Å². The van der Waals surface area contributed by atoms with Crippen molar-refractivity contribution >= 4 is 0 Å². The van der Waals surface area contributed by atoms with E-state index >= 15 is 0 Å². The lowest BCUT2D eigenvalue weighted by Gasteiger charge is -2.17. The van der Waals surface area contributed by atoms with Gasteiger partial charge in [-0.05, 0) is 12.3 Å². The average Bonchev–Trinajstić information content (AvgIpc) is 2.22. The Morgan fingerprint density at radius 3 is 1.93 bits per heavy atom. The van der Waals surface area contributed by atoms with E-state index in [1.165, 1.54) is 12.8 Å². The van der Waals surface area contributed by atoms with Crippen LogP contribution < -0.4 is 0 Å². The summed E-state index contributed by atoms with van der Waals surface area (Å²) in [7, 11) is 0. The van der Waals surface area contributed by atoms with Crippen LogP contribution >= 0.6 is 0 Å². The van der Waals surface area contributed by atoms with Crippen molar-refractivity contribution in [1.82, 2.24) is 0 Å². The summed E-state index contributed by atoms with van der Waals surface area (Å²) in [5.74, 6) is 0.730. The molecule has 0 aromatic carbocycles. The van der Waals surface area contributed by atoms with E-state index in [1.807, 2.05) is 0 Å². The highest BCUT2D eigenvalue weighted by molar-refractivity contribution is 4.66. The maximum Gasteiger partial charge on any atom is 0.103 e. The van der Waals surface area contributed by atoms with Crippen LogP contribution in [-0.2, 0) is 0 Å². The van der Waals surface area contributed by atoms with Crippen molar-refractivity contribution in [3.8, 4) is 0 Å². The van der Waals surface area contributed by atoms with Gasteiger partial charge in [-0.1, -0.05) is 39.5 Å². The Morgan fingerprint density at radius 1 is 0.929 bits per heavy atom. The summed E-state index contributed by atoms with van der Waals surface area (Å²) in [5, 5.41) is 27.1. The third-order valence-corrected chi connectivity index (χ3v) is 2.90. The normalized spacial score (nSPS) is 15.9. The van der Waals surface area contributed by atoms with Gasteiger partial charge in [-0.3, -0.25) is 0 Å². The van der Waals surface area contributed by atoms with Crippen molar-refractivity contribution in [3.63, 3.8) is 0 Å². The van der Waals surface area contributed by atoms with E-state index in [4.69, 9.17) is 10.2 Å². The lowest BCUT2D eigenvalue weighted by molar-refractivity contribution is -0.0189. The molecule has 0 saturated carbocycles. The Morgan fingerprint density at radius 2 is 1.50 bits per heavy atom. The number of aliphatic hydroxyl groups is 3. The van der Waals surface area contributed by atoms with Gasteiger partial charge in [0.2, 0.25) is 0 Å². The van der Waals surface area contributed by atoms with Gasteiger partial charge in [-0.25, -0.2) is 0 Å². The van der Waals surface area contributed by atoms with Crippen molar-refractivity contribution in [1.29, 1.82) is 0 Å². The van der Waals surface area contributed by atoms with E-state index in [0.29, 0.717) is 6.42 Å². The van der Waals surface area contributed by atoms with Crippen LogP contribution in [0.25, 0.3) is 0 Å². The molecule has 0 spiro atoms. The summed E-state index contributed by atoms with van der Waals surface area (Å²) in [6.45, 7) is 3.99. The molecule has 0 aliphatic heterocycles. The smallest absolute Gasteiger partial charge is 0.103 e. The summed E-state index contributed by atoms with van der Waals surface area (Å²) in [4.78, 5) is 0. The molecular formula is C11H24O3. The molecule has 0 bridgehead atoms. The van der Waals surface area contributed by atoms with Crippen molar-refractivity contribution < 1.29 is 15.3 Å². The number of rotatable bonds is 8. The third-order valence-electron chi connectivity index (χ3n) is 2.90. The Bertz CT molecular complexity index is 124. The van der Waals surface area contributed by atoms with Crippen LogP contribution in [0, 0.1) is 5.92 Å². The molecule has 2 unspecified atom stereocenters. The van der Waals surface area contributed by atoms with E-state index < -0.39 is 12.2 Å². The SMILES string of the molecule is CCC(CC)CCCC(O)C(O)CO. The lowest BCUT2D eigenvalue weighted by atomic mass is 9.95. The zero-order valence-electron chi connectivity index (χ0n) is 9.32. The highest BCUT2D eigenvalue weighted by Gasteiger charge is 2.15. The summed E-state index contributed by atoms with van der Waals surface area (Å²) in [6, 6.07) is 0. The summed E-state index contributed by atoms with van der Waals surface area (Å²) in [6.07, 6.45) is 3.21. The van der Waals surface area contributed by atoms with Crippen LogP contribution in [0.4, 0.5) is 0 Å². The van der Waals surface area contributed by atoms with E-state index in [0.717, 1.165) is 18.8 Å². The summed E-state index contributed by atoms with van der Waals surface area (Å²) >= 11 is 0. The molecule has 0 heterocycles. The van der Waals surface area contributed by atoms with Crippen molar-refractivity contribution in [2.24, 2.45) is 5.92 Å². The van der Waals surface area contributed by atoms with Crippen LogP contribution in [0.15, 0.2) is 0 Å². The van der Waals surface area contributed by atoms with E-state index in [9.17, 15) is 5.11 Å². The van der Waals surface area contributed by atoms with E-state index in [-0.39, 0.29) is 6.61 Å². The molecule has 14 heavy (non-hydrogen) atoms. The molecule has 0 saturated heterocycles. The number of hydrogen-bond donors (Lipinski definition) is 3. The lowest BCUT2D eigenvalue weighted by Crippen LogP contribution is -2.29. The quantitative estimate of drug-likeness (QED) is 0.558.